The van der Waals surface area contributed by atoms with Gasteiger partial charge in [-0.3, -0.25) is 9.78 Å². The van der Waals surface area contributed by atoms with Crippen LogP contribution in [0.4, 0.5) is 5.69 Å². The molecule has 0 bridgehead atoms. The summed E-state index contributed by atoms with van der Waals surface area (Å²) in [6.07, 6.45) is 8.31. The van der Waals surface area contributed by atoms with Gasteiger partial charge in [0.15, 0.2) is 0 Å². The first-order chi connectivity index (χ1) is 12.9. The number of pyridine rings is 1. The van der Waals surface area contributed by atoms with Crippen molar-refractivity contribution in [2.24, 2.45) is 0 Å². The molecule has 0 aliphatic carbocycles. The third-order valence-corrected chi connectivity index (χ3v) is 4.48. The van der Waals surface area contributed by atoms with Crippen LogP contribution in [0.2, 0.25) is 0 Å². The summed E-state index contributed by atoms with van der Waals surface area (Å²) in [4.78, 5) is 16.7. The van der Waals surface area contributed by atoms with Crippen molar-refractivity contribution >= 4 is 28.6 Å². The van der Waals surface area contributed by atoms with E-state index in [9.17, 15) is 4.79 Å². The fraction of sp³-hybridized carbons (Fsp3) is 0.304. The molecule has 4 nitrogen and oxygen atoms in total. The van der Waals surface area contributed by atoms with Crippen LogP contribution in [-0.2, 0) is 16.8 Å². The Hall–Kier alpha value is -2.88. The molecule has 2 aromatic heterocycles. The van der Waals surface area contributed by atoms with Crippen LogP contribution in [0.1, 0.15) is 45.4 Å². The molecule has 0 radical (unpaired) electrons. The van der Waals surface area contributed by atoms with Gasteiger partial charge in [0.05, 0.1) is 0 Å². The van der Waals surface area contributed by atoms with Crippen LogP contribution in [-0.4, -0.2) is 15.5 Å². The van der Waals surface area contributed by atoms with Crippen molar-refractivity contribution in [3.05, 3.63) is 66.1 Å². The van der Waals surface area contributed by atoms with Crippen LogP contribution in [0.5, 0.6) is 0 Å². The second-order valence-corrected chi connectivity index (χ2v) is 7.83. The Bertz CT molecular complexity index is 959. The molecular weight excluding hydrogens is 334 g/mol. The van der Waals surface area contributed by atoms with Crippen molar-refractivity contribution in [3.8, 4) is 0 Å². The fourth-order valence-corrected chi connectivity index (χ4v) is 3.02. The minimum atomic E-state index is -0.151. The van der Waals surface area contributed by atoms with Gasteiger partial charge in [-0.25, -0.2) is 0 Å². The Labute approximate surface area is 160 Å². The zero-order valence-electron chi connectivity index (χ0n) is 16.5. The highest BCUT2D eigenvalue weighted by molar-refractivity contribution is 6.03. The molecule has 0 spiro atoms. The van der Waals surface area contributed by atoms with Crippen LogP contribution in [0.25, 0.3) is 17.0 Å². The highest BCUT2D eigenvalue weighted by atomic mass is 16.1. The Morgan fingerprint density at radius 3 is 2.67 bits per heavy atom. The maximum atomic E-state index is 12.2. The van der Waals surface area contributed by atoms with Crippen molar-refractivity contribution in [1.82, 2.24) is 9.55 Å². The minimum Gasteiger partial charge on any atom is -0.347 e. The number of carbonyl (C=O) groups excluding carboxylic acids is 1. The number of benzene rings is 1. The molecule has 27 heavy (non-hydrogen) atoms. The summed E-state index contributed by atoms with van der Waals surface area (Å²) in [5, 5.41) is 4.06. The lowest BCUT2D eigenvalue weighted by Crippen LogP contribution is -2.13. The van der Waals surface area contributed by atoms with Crippen molar-refractivity contribution in [1.29, 1.82) is 0 Å². The number of aryl methyl sites for hydroxylation is 1. The molecule has 1 amide bonds. The number of rotatable bonds is 5. The third kappa shape index (κ3) is 4.64. The van der Waals surface area contributed by atoms with Crippen molar-refractivity contribution < 1.29 is 4.79 Å². The Morgan fingerprint density at radius 1 is 1.19 bits per heavy atom. The average molecular weight is 361 g/mol. The van der Waals surface area contributed by atoms with E-state index in [0.29, 0.717) is 0 Å². The predicted molar refractivity (Wildman–Crippen MR) is 113 cm³/mol. The van der Waals surface area contributed by atoms with Gasteiger partial charge in [-0.1, -0.05) is 33.8 Å². The topological polar surface area (TPSA) is 46.9 Å². The first kappa shape index (κ1) is 18.9. The molecule has 140 valence electrons. The third-order valence-electron chi connectivity index (χ3n) is 4.48. The van der Waals surface area contributed by atoms with E-state index < -0.39 is 0 Å². The van der Waals surface area contributed by atoms with Gasteiger partial charge < -0.3 is 9.88 Å². The summed E-state index contributed by atoms with van der Waals surface area (Å²) in [6.45, 7) is 9.56. The normalized spacial score (nSPS) is 12.0. The standard InChI is InChI=1S/C23H27N3O/c1-5-13-26-14-12-18-15-19(8-9-20(18)26)25-22(27)11-7-17-6-10-21(24-16-17)23(2,3)4/h6-12,14-16H,5,13H2,1-4H3,(H,25,27)/b11-7+. The largest absolute Gasteiger partial charge is 0.347 e. The quantitative estimate of drug-likeness (QED) is 0.619. The minimum absolute atomic E-state index is 0.0222. The number of nitrogens with one attached hydrogen (secondary N) is 1. The Kier molecular flexibility index (Phi) is 5.45. The van der Waals surface area contributed by atoms with Gasteiger partial charge in [0.25, 0.3) is 0 Å². The van der Waals surface area contributed by atoms with E-state index in [0.717, 1.165) is 35.3 Å². The molecule has 1 N–H and O–H groups in total. The lowest BCUT2D eigenvalue weighted by molar-refractivity contribution is -0.111. The van der Waals surface area contributed by atoms with Crippen molar-refractivity contribution in [2.75, 3.05) is 5.32 Å². The number of fused-ring (bicyclic) bond motifs is 1. The first-order valence-electron chi connectivity index (χ1n) is 9.41. The van der Waals surface area contributed by atoms with E-state index in [4.69, 9.17) is 0 Å². The number of nitrogens with zero attached hydrogens (tertiary/aromatic N) is 2. The number of hydrogen-bond acceptors (Lipinski definition) is 2. The maximum absolute atomic E-state index is 12.2. The highest BCUT2D eigenvalue weighted by Gasteiger charge is 2.14. The summed E-state index contributed by atoms with van der Waals surface area (Å²) in [5.41, 5.74) is 3.95. The molecule has 0 aliphatic rings. The van der Waals surface area contributed by atoms with Crippen molar-refractivity contribution in [2.45, 2.75) is 46.1 Å². The van der Waals surface area contributed by atoms with E-state index in [1.165, 1.54) is 5.52 Å². The fourth-order valence-electron chi connectivity index (χ4n) is 3.02. The molecular formula is C23H27N3O. The van der Waals surface area contributed by atoms with Gasteiger partial charge in [0.2, 0.25) is 5.91 Å². The predicted octanol–water partition coefficient (Wildman–Crippen LogP) is 5.40. The number of aromatic nitrogens is 2. The van der Waals surface area contributed by atoms with Crippen LogP contribution >= 0.6 is 0 Å². The Balaban J connectivity index is 1.66. The molecule has 4 heteroatoms. The van der Waals surface area contributed by atoms with Gasteiger partial charge in [0.1, 0.15) is 0 Å². The van der Waals surface area contributed by atoms with Gasteiger partial charge in [-0.15, -0.1) is 0 Å². The second-order valence-electron chi connectivity index (χ2n) is 7.83. The van der Waals surface area contributed by atoms with Gasteiger partial charge in [0, 0.05) is 52.7 Å². The van der Waals surface area contributed by atoms with Crippen LogP contribution in [0, 0.1) is 0 Å². The number of anilines is 1. The van der Waals surface area contributed by atoms with E-state index in [-0.39, 0.29) is 11.3 Å². The zero-order chi connectivity index (χ0) is 19.4. The summed E-state index contributed by atoms with van der Waals surface area (Å²) in [7, 11) is 0. The van der Waals surface area contributed by atoms with E-state index in [2.05, 4.69) is 60.9 Å². The smallest absolute Gasteiger partial charge is 0.248 e. The molecule has 3 rings (SSSR count). The molecule has 0 saturated carbocycles. The van der Waals surface area contributed by atoms with Crippen molar-refractivity contribution in [3.63, 3.8) is 0 Å². The lowest BCUT2D eigenvalue weighted by Gasteiger charge is -2.17. The summed E-state index contributed by atoms with van der Waals surface area (Å²) in [5.74, 6) is -0.151. The molecule has 2 heterocycles. The maximum Gasteiger partial charge on any atom is 0.248 e. The lowest BCUT2D eigenvalue weighted by atomic mass is 9.91. The molecule has 1 aromatic carbocycles. The molecule has 0 aliphatic heterocycles. The van der Waals surface area contributed by atoms with E-state index >= 15 is 0 Å². The summed E-state index contributed by atoms with van der Waals surface area (Å²) >= 11 is 0. The average Bonchev–Trinajstić information content (AvgIpc) is 3.02. The van der Waals surface area contributed by atoms with E-state index in [1.54, 1.807) is 18.3 Å². The monoisotopic (exact) mass is 361 g/mol. The molecule has 0 unspecified atom stereocenters. The summed E-state index contributed by atoms with van der Waals surface area (Å²) < 4.78 is 2.23. The van der Waals surface area contributed by atoms with Crippen LogP contribution < -0.4 is 5.32 Å². The van der Waals surface area contributed by atoms with Gasteiger partial charge in [-0.2, -0.15) is 0 Å². The second kappa shape index (κ2) is 7.78. The zero-order valence-corrected chi connectivity index (χ0v) is 16.5. The molecule has 0 atom stereocenters. The molecule has 0 fully saturated rings. The summed E-state index contributed by atoms with van der Waals surface area (Å²) in [6, 6.07) is 12.1. The number of hydrogen-bond donors (Lipinski definition) is 1. The first-order valence-corrected chi connectivity index (χ1v) is 9.41. The molecule has 0 saturated heterocycles. The molecule has 3 aromatic rings. The Morgan fingerprint density at radius 2 is 2.00 bits per heavy atom. The highest BCUT2D eigenvalue weighted by Crippen LogP contribution is 2.21. The van der Waals surface area contributed by atoms with Gasteiger partial charge in [-0.05, 0) is 48.4 Å². The van der Waals surface area contributed by atoms with Gasteiger partial charge >= 0.3 is 0 Å². The SMILES string of the molecule is CCCn1ccc2cc(NC(=O)/C=C/c3ccc(C(C)(C)C)nc3)ccc21. The van der Waals surface area contributed by atoms with Crippen LogP contribution in [0.15, 0.2) is 54.9 Å². The number of amides is 1. The number of carbonyl (C=O) groups is 1. The van der Waals surface area contributed by atoms with E-state index in [1.807, 2.05) is 24.3 Å². The van der Waals surface area contributed by atoms with Crippen LogP contribution in [0.3, 0.4) is 0 Å².